The van der Waals surface area contributed by atoms with Crippen LogP contribution in [0.3, 0.4) is 0 Å². The number of amides is 1. The molecule has 4 nitrogen and oxygen atoms in total. The number of hydrogen-bond acceptors (Lipinski definition) is 3. The minimum atomic E-state index is -5.98. The number of nitrogens with zero attached hydrogens (tertiary/aromatic N) is 2. The molecule has 0 bridgehead atoms. The van der Waals surface area contributed by atoms with Gasteiger partial charge in [0, 0.05) is 0 Å². The van der Waals surface area contributed by atoms with Gasteiger partial charge in [0.1, 0.15) is 0 Å². The molecule has 17 heavy (non-hydrogen) atoms. The third-order valence-electron chi connectivity index (χ3n) is 1.51. The summed E-state index contributed by atoms with van der Waals surface area (Å²) < 4.78 is 60.3. The van der Waals surface area contributed by atoms with Crippen molar-refractivity contribution in [2.75, 3.05) is 5.32 Å². The van der Waals surface area contributed by atoms with E-state index >= 15 is 0 Å². The van der Waals surface area contributed by atoms with E-state index in [2.05, 4.69) is 10.2 Å². The zero-order valence-electron chi connectivity index (χ0n) is 7.73. The van der Waals surface area contributed by atoms with Gasteiger partial charge >= 0.3 is 18.0 Å². The van der Waals surface area contributed by atoms with Gasteiger partial charge in [-0.25, -0.2) is 0 Å². The molecule has 1 aromatic heterocycles. The van der Waals surface area contributed by atoms with Crippen LogP contribution in [0.4, 0.5) is 27.8 Å². The van der Waals surface area contributed by atoms with E-state index in [1.165, 1.54) is 5.32 Å². The van der Waals surface area contributed by atoms with Crippen molar-refractivity contribution in [3.8, 4) is 0 Å². The van der Waals surface area contributed by atoms with Gasteiger partial charge in [0.25, 0.3) is 0 Å². The molecule has 1 N–H and O–H groups in total. The molecule has 0 fully saturated rings. The molecular weight excluding hydrogens is 273 g/mol. The average Bonchev–Trinajstić information content (AvgIpc) is 2.19. The van der Waals surface area contributed by atoms with Gasteiger partial charge in [-0.2, -0.15) is 22.0 Å². The van der Waals surface area contributed by atoms with E-state index in [-0.39, 0.29) is 5.15 Å². The van der Waals surface area contributed by atoms with E-state index in [0.29, 0.717) is 0 Å². The molecule has 1 amide bonds. The second-order valence-electron chi connectivity index (χ2n) is 2.77. The number of anilines is 1. The molecular formula is C7H3ClF5N3O. The van der Waals surface area contributed by atoms with E-state index in [1.807, 2.05) is 0 Å². The lowest BCUT2D eigenvalue weighted by atomic mass is 10.3. The molecule has 1 rings (SSSR count). The summed E-state index contributed by atoms with van der Waals surface area (Å²) >= 11 is 5.30. The quantitative estimate of drug-likeness (QED) is 0.842. The van der Waals surface area contributed by atoms with E-state index < -0.39 is 23.8 Å². The number of nitrogens with one attached hydrogen (secondary N) is 1. The fourth-order valence-electron chi connectivity index (χ4n) is 0.706. The summed E-state index contributed by atoms with van der Waals surface area (Å²) in [5.74, 6) is -8.61. The van der Waals surface area contributed by atoms with Gasteiger partial charge in [0.15, 0.2) is 11.0 Å². The maximum atomic E-state index is 12.5. The predicted octanol–water partition coefficient (Wildman–Crippen LogP) is 2.27. The van der Waals surface area contributed by atoms with E-state index in [9.17, 15) is 26.7 Å². The molecule has 0 aliphatic carbocycles. The lowest BCUT2D eigenvalue weighted by Gasteiger charge is -2.17. The Kier molecular flexibility index (Phi) is 3.51. The minimum absolute atomic E-state index is 0.106. The summed E-state index contributed by atoms with van der Waals surface area (Å²) in [6.07, 6.45) is -5.98. The summed E-state index contributed by atoms with van der Waals surface area (Å²) in [4.78, 5) is 10.7. The normalized spacial score (nSPS) is 12.4. The number of aromatic nitrogens is 2. The number of alkyl halides is 5. The van der Waals surface area contributed by atoms with E-state index in [4.69, 9.17) is 11.6 Å². The molecule has 0 spiro atoms. The Morgan fingerprint density at radius 1 is 1.18 bits per heavy atom. The van der Waals surface area contributed by atoms with Crippen molar-refractivity contribution in [1.29, 1.82) is 0 Å². The van der Waals surface area contributed by atoms with Crippen molar-refractivity contribution in [2.24, 2.45) is 0 Å². The fraction of sp³-hybridized carbons (Fsp3) is 0.286. The lowest BCUT2D eigenvalue weighted by molar-refractivity contribution is -0.267. The highest BCUT2D eigenvalue weighted by atomic mass is 35.5. The fourth-order valence-corrected chi connectivity index (χ4v) is 0.807. The van der Waals surface area contributed by atoms with Gasteiger partial charge in [-0.05, 0) is 12.1 Å². The topological polar surface area (TPSA) is 54.9 Å². The largest absolute Gasteiger partial charge is 0.463 e. The van der Waals surface area contributed by atoms with Gasteiger partial charge in [0.2, 0.25) is 0 Å². The highest BCUT2D eigenvalue weighted by Gasteiger charge is 2.63. The highest BCUT2D eigenvalue weighted by Crippen LogP contribution is 2.36. The Morgan fingerprint density at radius 2 is 1.76 bits per heavy atom. The molecule has 0 unspecified atom stereocenters. The van der Waals surface area contributed by atoms with Crippen LogP contribution in [0, 0.1) is 0 Å². The molecule has 0 saturated heterocycles. The Labute approximate surface area is 95.8 Å². The Hall–Kier alpha value is -1.51. The first-order chi connectivity index (χ1) is 7.64. The Morgan fingerprint density at radius 3 is 2.18 bits per heavy atom. The van der Waals surface area contributed by atoms with Crippen LogP contribution in [0.25, 0.3) is 0 Å². The Balaban J connectivity index is 2.83. The first-order valence-electron chi connectivity index (χ1n) is 3.90. The SMILES string of the molecule is O=C(Nc1ccc(Cl)nn1)C(F)(F)C(F)(F)F. The highest BCUT2D eigenvalue weighted by molar-refractivity contribution is 6.29. The smallest absolute Gasteiger partial charge is 0.304 e. The van der Waals surface area contributed by atoms with Crippen molar-refractivity contribution in [3.63, 3.8) is 0 Å². The number of halogens is 6. The van der Waals surface area contributed by atoms with Crippen molar-refractivity contribution in [3.05, 3.63) is 17.3 Å². The molecule has 1 aromatic rings. The van der Waals surface area contributed by atoms with Crippen LogP contribution in [0.5, 0.6) is 0 Å². The summed E-state index contributed by atoms with van der Waals surface area (Å²) in [7, 11) is 0. The standard InChI is InChI=1S/C7H3ClF5N3O/c8-3-1-2-4(16-15-3)14-5(17)6(9,10)7(11,12)13/h1-2H,(H,14,16,17). The van der Waals surface area contributed by atoms with Crippen molar-refractivity contribution in [2.45, 2.75) is 12.1 Å². The van der Waals surface area contributed by atoms with Gasteiger partial charge in [-0.15, -0.1) is 10.2 Å². The summed E-state index contributed by atoms with van der Waals surface area (Å²) in [5.41, 5.74) is 0. The third-order valence-corrected chi connectivity index (χ3v) is 1.72. The second kappa shape index (κ2) is 4.40. The van der Waals surface area contributed by atoms with Crippen LogP contribution in [0.15, 0.2) is 12.1 Å². The van der Waals surface area contributed by atoms with E-state index in [0.717, 1.165) is 12.1 Å². The maximum absolute atomic E-state index is 12.5. The summed E-state index contributed by atoms with van der Waals surface area (Å²) in [5, 5.41) is 7.42. The Bertz CT molecular complexity index is 419. The van der Waals surface area contributed by atoms with Crippen LogP contribution >= 0.6 is 11.6 Å². The van der Waals surface area contributed by atoms with Gasteiger partial charge < -0.3 is 5.32 Å². The summed E-state index contributed by atoms with van der Waals surface area (Å²) in [6, 6.07) is 2.00. The second-order valence-corrected chi connectivity index (χ2v) is 3.15. The number of carbonyl (C=O) groups is 1. The average molecular weight is 276 g/mol. The number of hydrogen-bond donors (Lipinski definition) is 1. The maximum Gasteiger partial charge on any atom is 0.463 e. The lowest BCUT2D eigenvalue weighted by Crippen LogP contribution is -2.47. The van der Waals surface area contributed by atoms with Crippen molar-refractivity contribution >= 4 is 23.3 Å². The van der Waals surface area contributed by atoms with Crippen molar-refractivity contribution in [1.82, 2.24) is 10.2 Å². The molecule has 0 saturated carbocycles. The molecule has 1 heterocycles. The first-order valence-corrected chi connectivity index (χ1v) is 4.27. The van der Waals surface area contributed by atoms with Gasteiger partial charge in [-0.3, -0.25) is 4.79 Å². The summed E-state index contributed by atoms with van der Waals surface area (Å²) in [6.45, 7) is 0. The molecule has 0 aliphatic rings. The van der Waals surface area contributed by atoms with Crippen LogP contribution in [0.2, 0.25) is 5.15 Å². The zero-order valence-corrected chi connectivity index (χ0v) is 8.48. The monoisotopic (exact) mass is 275 g/mol. The minimum Gasteiger partial charge on any atom is -0.304 e. The number of carbonyl (C=O) groups excluding carboxylic acids is 1. The zero-order chi connectivity index (χ0) is 13.3. The van der Waals surface area contributed by atoms with Crippen LogP contribution in [-0.4, -0.2) is 28.2 Å². The van der Waals surface area contributed by atoms with Crippen molar-refractivity contribution < 1.29 is 26.7 Å². The molecule has 0 radical (unpaired) electrons. The van der Waals surface area contributed by atoms with Crippen LogP contribution in [0.1, 0.15) is 0 Å². The van der Waals surface area contributed by atoms with Gasteiger partial charge in [0.05, 0.1) is 0 Å². The van der Waals surface area contributed by atoms with E-state index in [1.54, 1.807) is 0 Å². The molecule has 0 aliphatic heterocycles. The molecule has 94 valence electrons. The van der Waals surface area contributed by atoms with Crippen LogP contribution in [-0.2, 0) is 4.79 Å². The predicted molar refractivity (Wildman–Crippen MR) is 46.7 cm³/mol. The van der Waals surface area contributed by atoms with Crippen LogP contribution < -0.4 is 5.32 Å². The molecule has 0 aromatic carbocycles. The molecule has 0 atom stereocenters. The third kappa shape index (κ3) is 2.99. The number of rotatable bonds is 2. The molecule has 10 heteroatoms. The van der Waals surface area contributed by atoms with Gasteiger partial charge in [-0.1, -0.05) is 11.6 Å². The first kappa shape index (κ1) is 13.6.